The van der Waals surface area contributed by atoms with Crippen LogP contribution in [0.1, 0.15) is 30.5 Å². The standard InChI is InChI=1S/C17H19BrN4O2/c1-11-9-14(22(2)21-11)19-15(23)16(24)20-17(7-4-8-17)12-5-3-6-13(18)10-12/h3,5-6,9-10H,4,7-8H2,1-2H3,(H,19,23)(H,20,24). The van der Waals surface area contributed by atoms with Gasteiger partial charge in [-0.05, 0) is 43.9 Å². The summed E-state index contributed by atoms with van der Waals surface area (Å²) in [4.78, 5) is 24.6. The quantitative estimate of drug-likeness (QED) is 0.790. The van der Waals surface area contributed by atoms with Gasteiger partial charge in [-0.15, -0.1) is 0 Å². The molecule has 1 aliphatic carbocycles. The highest BCUT2D eigenvalue weighted by Gasteiger charge is 2.41. The maximum Gasteiger partial charge on any atom is 0.314 e. The molecule has 1 aromatic carbocycles. The Morgan fingerprint density at radius 2 is 2.00 bits per heavy atom. The molecule has 2 aromatic rings. The highest BCUT2D eigenvalue weighted by atomic mass is 79.9. The Balaban J connectivity index is 1.73. The highest BCUT2D eigenvalue weighted by Crippen LogP contribution is 2.41. The van der Waals surface area contributed by atoms with Crippen LogP contribution in [-0.4, -0.2) is 21.6 Å². The van der Waals surface area contributed by atoms with Crippen LogP contribution in [0.3, 0.4) is 0 Å². The molecule has 0 aliphatic heterocycles. The van der Waals surface area contributed by atoms with Gasteiger partial charge in [0.2, 0.25) is 0 Å². The topological polar surface area (TPSA) is 76.0 Å². The predicted octanol–water partition coefficient (Wildman–Crippen LogP) is 2.63. The van der Waals surface area contributed by atoms with Crippen LogP contribution in [0.25, 0.3) is 0 Å². The molecule has 1 aliphatic rings. The molecular formula is C17H19BrN4O2. The molecule has 0 radical (unpaired) electrons. The Bertz CT molecular complexity index is 796. The van der Waals surface area contributed by atoms with Gasteiger partial charge in [0.05, 0.1) is 11.2 Å². The molecule has 1 heterocycles. The molecule has 6 nitrogen and oxygen atoms in total. The smallest absolute Gasteiger partial charge is 0.314 e. The van der Waals surface area contributed by atoms with Crippen molar-refractivity contribution in [3.05, 3.63) is 46.1 Å². The fraction of sp³-hybridized carbons (Fsp3) is 0.353. The first-order valence-corrected chi connectivity index (χ1v) is 8.59. The molecule has 0 saturated heterocycles. The summed E-state index contributed by atoms with van der Waals surface area (Å²) < 4.78 is 2.49. The van der Waals surface area contributed by atoms with Crippen LogP contribution in [0.4, 0.5) is 5.82 Å². The largest absolute Gasteiger partial charge is 0.338 e. The average Bonchev–Trinajstić information content (AvgIpc) is 2.80. The zero-order chi connectivity index (χ0) is 17.3. The zero-order valence-corrected chi connectivity index (χ0v) is 15.2. The second-order valence-electron chi connectivity index (χ2n) is 6.15. The second-order valence-corrected chi connectivity index (χ2v) is 7.06. The number of halogens is 1. The summed E-state index contributed by atoms with van der Waals surface area (Å²) in [7, 11) is 1.72. The SMILES string of the molecule is Cc1cc(NC(=O)C(=O)NC2(c3cccc(Br)c3)CCC2)n(C)n1. The number of benzene rings is 1. The molecule has 0 bridgehead atoms. The summed E-state index contributed by atoms with van der Waals surface area (Å²) in [5.74, 6) is -0.814. The van der Waals surface area contributed by atoms with Gasteiger partial charge in [-0.1, -0.05) is 28.1 Å². The van der Waals surface area contributed by atoms with E-state index in [0.717, 1.165) is 35.0 Å². The van der Waals surface area contributed by atoms with Crippen molar-refractivity contribution in [3.8, 4) is 0 Å². The Morgan fingerprint density at radius 3 is 2.54 bits per heavy atom. The first kappa shape index (κ1) is 16.7. The van der Waals surface area contributed by atoms with Gasteiger partial charge in [-0.25, -0.2) is 0 Å². The number of nitrogens with one attached hydrogen (secondary N) is 2. The van der Waals surface area contributed by atoms with Crippen molar-refractivity contribution < 1.29 is 9.59 Å². The summed E-state index contributed by atoms with van der Waals surface area (Å²) in [6, 6.07) is 9.56. The maximum absolute atomic E-state index is 12.4. The van der Waals surface area contributed by atoms with E-state index in [2.05, 4.69) is 31.7 Å². The minimum Gasteiger partial charge on any atom is -0.338 e. The van der Waals surface area contributed by atoms with E-state index in [1.807, 2.05) is 31.2 Å². The number of rotatable bonds is 3. The van der Waals surface area contributed by atoms with Crippen LogP contribution in [0, 0.1) is 6.92 Å². The van der Waals surface area contributed by atoms with E-state index >= 15 is 0 Å². The zero-order valence-electron chi connectivity index (χ0n) is 13.6. The number of carbonyl (C=O) groups excluding carboxylic acids is 2. The van der Waals surface area contributed by atoms with E-state index in [9.17, 15) is 9.59 Å². The van der Waals surface area contributed by atoms with Crippen molar-refractivity contribution >= 4 is 33.6 Å². The lowest BCUT2D eigenvalue weighted by Crippen LogP contribution is -2.53. The lowest BCUT2D eigenvalue weighted by Gasteiger charge is -2.43. The molecule has 2 N–H and O–H groups in total. The third kappa shape index (κ3) is 3.21. The van der Waals surface area contributed by atoms with Crippen LogP contribution >= 0.6 is 15.9 Å². The van der Waals surface area contributed by atoms with Gasteiger partial charge in [0.25, 0.3) is 0 Å². The van der Waals surface area contributed by atoms with Gasteiger partial charge in [0.1, 0.15) is 5.82 Å². The predicted molar refractivity (Wildman–Crippen MR) is 94.4 cm³/mol. The minimum atomic E-state index is -0.681. The fourth-order valence-electron chi connectivity index (χ4n) is 2.98. The summed E-state index contributed by atoms with van der Waals surface area (Å²) >= 11 is 3.46. The summed E-state index contributed by atoms with van der Waals surface area (Å²) in [6.45, 7) is 1.83. The number of hydrogen-bond acceptors (Lipinski definition) is 3. The highest BCUT2D eigenvalue weighted by molar-refractivity contribution is 9.10. The van der Waals surface area contributed by atoms with Gasteiger partial charge in [-0.2, -0.15) is 5.10 Å². The van der Waals surface area contributed by atoms with Crippen molar-refractivity contribution in [1.82, 2.24) is 15.1 Å². The first-order chi connectivity index (χ1) is 11.4. The Labute approximate surface area is 148 Å². The van der Waals surface area contributed by atoms with Gasteiger partial charge >= 0.3 is 11.8 Å². The number of nitrogens with zero attached hydrogens (tertiary/aromatic N) is 2. The molecular weight excluding hydrogens is 372 g/mol. The lowest BCUT2D eigenvalue weighted by atomic mass is 9.72. The third-order valence-corrected chi connectivity index (χ3v) is 4.88. The molecule has 1 saturated carbocycles. The minimum absolute atomic E-state index is 0.458. The second kappa shape index (κ2) is 6.39. The number of aryl methyl sites for hydroxylation is 2. The van der Waals surface area contributed by atoms with E-state index < -0.39 is 17.4 Å². The molecule has 1 aromatic heterocycles. The Hall–Kier alpha value is -2.15. The summed E-state index contributed by atoms with van der Waals surface area (Å²) in [6.07, 6.45) is 2.68. The molecule has 1 fully saturated rings. The number of hydrogen-bond donors (Lipinski definition) is 2. The molecule has 126 valence electrons. The van der Waals surface area contributed by atoms with Crippen LogP contribution < -0.4 is 10.6 Å². The van der Waals surface area contributed by atoms with Crippen LogP contribution in [0.2, 0.25) is 0 Å². The summed E-state index contributed by atoms with van der Waals surface area (Å²) in [5.41, 5.74) is 1.33. The third-order valence-electron chi connectivity index (χ3n) is 4.39. The van der Waals surface area contributed by atoms with E-state index in [0.29, 0.717) is 5.82 Å². The Morgan fingerprint density at radius 1 is 1.25 bits per heavy atom. The molecule has 0 spiro atoms. The number of aromatic nitrogens is 2. The maximum atomic E-state index is 12.4. The van der Waals surface area contributed by atoms with Crippen molar-refractivity contribution in [1.29, 1.82) is 0 Å². The first-order valence-electron chi connectivity index (χ1n) is 7.80. The van der Waals surface area contributed by atoms with Gasteiger partial charge in [-0.3, -0.25) is 14.3 Å². The van der Waals surface area contributed by atoms with Gasteiger partial charge in [0, 0.05) is 17.6 Å². The lowest BCUT2D eigenvalue weighted by molar-refractivity contribution is -0.138. The van der Waals surface area contributed by atoms with Crippen molar-refractivity contribution in [3.63, 3.8) is 0 Å². The van der Waals surface area contributed by atoms with Crippen LogP contribution in [0.15, 0.2) is 34.8 Å². The van der Waals surface area contributed by atoms with E-state index in [1.54, 1.807) is 13.1 Å². The van der Waals surface area contributed by atoms with E-state index in [4.69, 9.17) is 0 Å². The van der Waals surface area contributed by atoms with Crippen molar-refractivity contribution in [2.45, 2.75) is 31.7 Å². The molecule has 0 unspecified atom stereocenters. The van der Waals surface area contributed by atoms with E-state index in [1.165, 1.54) is 4.68 Å². The number of carbonyl (C=O) groups is 2. The van der Waals surface area contributed by atoms with Crippen LogP contribution in [0.5, 0.6) is 0 Å². The van der Waals surface area contributed by atoms with E-state index in [-0.39, 0.29) is 0 Å². The normalized spacial score (nSPS) is 15.5. The van der Waals surface area contributed by atoms with Crippen LogP contribution in [-0.2, 0) is 22.2 Å². The average molecular weight is 391 g/mol. The Kier molecular flexibility index (Phi) is 4.45. The van der Waals surface area contributed by atoms with Crippen molar-refractivity contribution in [2.24, 2.45) is 7.05 Å². The monoisotopic (exact) mass is 390 g/mol. The molecule has 24 heavy (non-hydrogen) atoms. The van der Waals surface area contributed by atoms with Crippen molar-refractivity contribution in [2.75, 3.05) is 5.32 Å². The van der Waals surface area contributed by atoms with Gasteiger partial charge < -0.3 is 10.6 Å². The number of anilines is 1. The molecule has 2 amide bonds. The number of amides is 2. The molecule has 7 heteroatoms. The summed E-state index contributed by atoms with van der Waals surface area (Å²) in [5, 5.41) is 9.67. The van der Waals surface area contributed by atoms with Gasteiger partial charge in [0.15, 0.2) is 0 Å². The molecule has 0 atom stereocenters. The molecule has 3 rings (SSSR count). The fourth-order valence-corrected chi connectivity index (χ4v) is 3.38.